The van der Waals surface area contributed by atoms with Gasteiger partial charge in [-0.2, -0.15) is 0 Å². The van der Waals surface area contributed by atoms with Crippen molar-refractivity contribution < 1.29 is 14.3 Å². The Morgan fingerprint density at radius 2 is 1.78 bits per heavy atom. The first-order valence-corrected chi connectivity index (χ1v) is 13.1. The molecule has 7 heteroatoms. The van der Waals surface area contributed by atoms with Crippen LogP contribution in [0.4, 0.5) is 0 Å². The Morgan fingerprint density at radius 1 is 1.00 bits per heavy atom. The summed E-state index contributed by atoms with van der Waals surface area (Å²) in [6, 6.07) is 26.4. The molecule has 1 aliphatic heterocycles. The Balaban J connectivity index is 1.46. The van der Waals surface area contributed by atoms with E-state index in [1.165, 1.54) is 11.3 Å². The minimum Gasteiger partial charge on any atom is -0.376 e. The molecule has 0 bridgehead atoms. The Hall–Kier alpha value is -3.68. The van der Waals surface area contributed by atoms with E-state index in [-0.39, 0.29) is 17.9 Å². The number of carbonyl (C=O) groups excluding carboxylic acids is 2. The SMILES string of the molecule is O=C(NC[C@@H]1CCCO1)[C@H](c1cccs1)N(Cc1ccccc1)C(=O)c1ccc(-c2ccccc2)[nH]1. The molecule has 1 aliphatic rings. The highest BCUT2D eigenvalue weighted by atomic mass is 32.1. The van der Waals surface area contributed by atoms with Crippen molar-refractivity contribution in [2.75, 3.05) is 13.2 Å². The highest BCUT2D eigenvalue weighted by Crippen LogP contribution is 2.30. The molecule has 5 rings (SSSR count). The third kappa shape index (κ3) is 5.58. The smallest absolute Gasteiger partial charge is 0.271 e. The van der Waals surface area contributed by atoms with Gasteiger partial charge >= 0.3 is 0 Å². The Bertz CT molecular complexity index is 1270. The van der Waals surface area contributed by atoms with Gasteiger partial charge in [0.1, 0.15) is 11.7 Å². The molecule has 0 unspecified atom stereocenters. The van der Waals surface area contributed by atoms with Crippen molar-refractivity contribution in [3.63, 3.8) is 0 Å². The first kappa shape index (κ1) is 24.0. The maximum absolute atomic E-state index is 14.0. The predicted octanol–water partition coefficient (Wildman–Crippen LogP) is 5.42. The zero-order valence-corrected chi connectivity index (χ0v) is 20.7. The molecule has 0 radical (unpaired) electrons. The molecule has 2 amide bonds. The molecule has 6 nitrogen and oxygen atoms in total. The fourth-order valence-corrected chi connectivity index (χ4v) is 5.34. The van der Waals surface area contributed by atoms with Crippen LogP contribution < -0.4 is 5.32 Å². The van der Waals surface area contributed by atoms with E-state index in [1.54, 1.807) is 11.0 Å². The summed E-state index contributed by atoms with van der Waals surface area (Å²) >= 11 is 1.47. The van der Waals surface area contributed by atoms with Crippen LogP contribution in [0.25, 0.3) is 11.3 Å². The van der Waals surface area contributed by atoms with E-state index < -0.39 is 6.04 Å². The maximum Gasteiger partial charge on any atom is 0.271 e. The van der Waals surface area contributed by atoms with E-state index in [0.29, 0.717) is 18.8 Å². The van der Waals surface area contributed by atoms with Crippen LogP contribution in [-0.2, 0) is 16.1 Å². The van der Waals surface area contributed by atoms with Gasteiger partial charge in [0, 0.05) is 30.3 Å². The number of thiophene rings is 1. The van der Waals surface area contributed by atoms with E-state index in [4.69, 9.17) is 4.74 Å². The molecule has 36 heavy (non-hydrogen) atoms. The standard InChI is InChI=1S/C29H29N3O3S/c33-28(30-19-23-13-7-17-35-23)27(26-14-8-18-36-26)32(20-21-9-3-1-4-10-21)29(34)25-16-15-24(31-25)22-11-5-2-6-12-22/h1-6,8-12,14-16,18,23,27,31H,7,13,17,19-20H2,(H,30,33)/t23-,27-/m0/s1. The Morgan fingerprint density at radius 3 is 2.47 bits per heavy atom. The monoisotopic (exact) mass is 499 g/mol. The van der Waals surface area contributed by atoms with Gasteiger partial charge in [-0.3, -0.25) is 9.59 Å². The van der Waals surface area contributed by atoms with Crippen molar-refractivity contribution in [1.82, 2.24) is 15.2 Å². The molecule has 2 aromatic heterocycles. The summed E-state index contributed by atoms with van der Waals surface area (Å²) in [7, 11) is 0. The van der Waals surface area contributed by atoms with Crippen molar-refractivity contribution in [1.29, 1.82) is 0 Å². The Labute approximate surface area is 214 Å². The summed E-state index contributed by atoms with van der Waals surface area (Å²) in [6.07, 6.45) is 1.96. The molecule has 1 fully saturated rings. The first-order valence-electron chi connectivity index (χ1n) is 12.2. The predicted molar refractivity (Wildman–Crippen MR) is 142 cm³/mol. The third-order valence-corrected chi connectivity index (χ3v) is 7.28. The van der Waals surface area contributed by atoms with Crippen LogP contribution in [0.2, 0.25) is 0 Å². The van der Waals surface area contributed by atoms with Crippen molar-refractivity contribution in [2.45, 2.75) is 31.5 Å². The molecule has 2 N–H and O–H groups in total. The van der Waals surface area contributed by atoms with Crippen LogP contribution in [0.3, 0.4) is 0 Å². The molecule has 0 saturated carbocycles. The van der Waals surface area contributed by atoms with Gasteiger partial charge in [-0.05, 0) is 47.5 Å². The molecular formula is C29H29N3O3S. The molecular weight excluding hydrogens is 470 g/mol. The topological polar surface area (TPSA) is 74.4 Å². The van der Waals surface area contributed by atoms with E-state index >= 15 is 0 Å². The van der Waals surface area contributed by atoms with E-state index in [9.17, 15) is 9.59 Å². The number of nitrogens with zero attached hydrogens (tertiary/aromatic N) is 1. The number of aromatic amines is 1. The molecule has 2 aromatic carbocycles. The van der Waals surface area contributed by atoms with Crippen molar-refractivity contribution in [2.24, 2.45) is 0 Å². The normalized spacial score (nSPS) is 15.9. The average molecular weight is 500 g/mol. The first-order chi connectivity index (χ1) is 17.7. The maximum atomic E-state index is 14.0. The van der Waals surface area contributed by atoms with Crippen LogP contribution in [0.5, 0.6) is 0 Å². The lowest BCUT2D eigenvalue weighted by atomic mass is 10.1. The minimum absolute atomic E-state index is 0.0213. The van der Waals surface area contributed by atoms with Crippen molar-refractivity contribution in [3.05, 3.63) is 106 Å². The highest BCUT2D eigenvalue weighted by molar-refractivity contribution is 7.10. The summed E-state index contributed by atoms with van der Waals surface area (Å²) in [5.74, 6) is -0.432. The molecule has 4 aromatic rings. The molecule has 2 atom stereocenters. The number of aromatic nitrogens is 1. The zero-order valence-electron chi connectivity index (χ0n) is 19.9. The molecule has 0 spiro atoms. The largest absolute Gasteiger partial charge is 0.376 e. The number of carbonyl (C=O) groups is 2. The fraction of sp³-hybridized carbons (Fsp3) is 0.241. The minimum atomic E-state index is -0.761. The third-order valence-electron chi connectivity index (χ3n) is 6.36. The van der Waals surface area contributed by atoms with Crippen LogP contribution in [0, 0.1) is 0 Å². The van der Waals surface area contributed by atoms with E-state index in [2.05, 4.69) is 10.3 Å². The molecule has 1 saturated heterocycles. The number of ether oxygens (including phenoxy) is 1. The summed E-state index contributed by atoms with van der Waals surface area (Å²) in [4.78, 5) is 33.4. The summed E-state index contributed by atoms with van der Waals surface area (Å²) < 4.78 is 5.69. The van der Waals surface area contributed by atoms with Gasteiger partial charge in [-0.15, -0.1) is 11.3 Å². The number of benzene rings is 2. The fourth-order valence-electron chi connectivity index (χ4n) is 4.51. The number of rotatable bonds is 9. The van der Waals surface area contributed by atoms with Gasteiger partial charge in [-0.1, -0.05) is 66.7 Å². The Kier molecular flexibility index (Phi) is 7.59. The number of H-pyrrole nitrogens is 1. The number of nitrogens with one attached hydrogen (secondary N) is 2. The number of hydrogen-bond acceptors (Lipinski definition) is 4. The van der Waals surface area contributed by atoms with Crippen LogP contribution in [0.15, 0.2) is 90.3 Å². The average Bonchev–Trinajstić information content (AvgIpc) is 3.71. The number of hydrogen-bond donors (Lipinski definition) is 2. The molecule has 0 aliphatic carbocycles. The van der Waals surface area contributed by atoms with Crippen molar-refractivity contribution >= 4 is 23.2 Å². The van der Waals surface area contributed by atoms with Gasteiger partial charge in [0.15, 0.2) is 0 Å². The van der Waals surface area contributed by atoms with Crippen LogP contribution in [-0.4, -0.2) is 41.0 Å². The molecule has 184 valence electrons. The van der Waals surface area contributed by atoms with Gasteiger partial charge in [0.05, 0.1) is 6.10 Å². The molecule has 3 heterocycles. The zero-order chi connectivity index (χ0) is 24.7. The van der Waals surface area contributed by atoms with Gasteiger partial charge < -0.3 is 19.9 Å². The van der Waals surface area contributed by atoms with Crippen LogP contribution in [0.1, 0.15) is 39.8 Å². The lowest BCUT2D eigenvalue weighted by molar-refractivity contribution is -0.126. The second-order valence-corrected chi connectivity index (χ2v) is 9.85. The van der Waals surface area contributed by atoms with E-state index in [0.717, 1.165) is 41.1 Å². The lowest BCUT2D eigenvalue weighted by Crippen LogP contribution is -2.44. The van der Waals surface area contributed by atoms with Crippen molar-refractivity contribution in [3.8, 4) is 11.3 Å². The highest BCUT2D eigenvalue weighted by Gasteiger charge is 2.34. The van der Waals surface area contributed by atoms with E-state index in [1.807, 2.05) is 84.2 Å². The lowest BCUT2D eigenvalue weighted by Gasteiger charge is -2.30. The van der Waals surface area contributed by atoms with Gasteiger partial charge in [0.2, 0.25) is 5.91 Å². The quantitative estimate of drug-likeness (QED) is 0.323. The summed E-state index contributed by atoms with van der Waals surface area (Å²) in [6.45, 7) is 1.47. The van der Waals surface area contributed by atoms with Crippen LogP contribution >= 0.6 is 11.3 Å². The summed E-state index contributed by atoms with van der Waals surface area (Å²) in [5.41, 5.74) is 3.25. The number of amides is 2. The second-order valence-electron chi connectivity index (χ2n) is 8.87. The van der Waals surface area contributed by atoms with Gasteiger partial charge in [-0.25, -0.2) is 0 Å². The second kappa shape index (κ2) is 11.4. The van der Waals surface area contributed by atoms with Gasteiger partial charge in [0.25, 0.3) is 5.91 Å². The summed E-state index contributed by atoms with van der Waals surface area (Å²) in [5, 5.41) is 4.99.